The Balaban J connectivity index is 1.13. The van der Waals surface area contributed by atoms with Crippen molar-refractivity contribution in [2.45, 2.75) is 94.4 Å². The molecule has 2 N–H and O–H groups in total. The van der Waals surface area contributed by atoms with Gasteiger partial charge in [0.25, 0.3) is 0 Å². The minimum Gasteiger partial charge on any atom is -0.462 e. The zero-order valence-electron chi connectivity index (χ0n) is 29.7. The molecule has 3 aliphatic heterocycles. The second kappa shape index (κ2) is 16.5. The standard InChI is InChI=1S/C39H50N2O10S/c1-25(42)38-40-20-34(50-38)27-12-13-35-29(17-27)22-47-15-9-4-2-3-8-14-41(52(35,45)46)21-33(43)28(16-26-10-6-5-7-11-26)19-36(44)51-37-30-18-31-32(37)24-49-39(31)48-23-30/h5-7,10-13,17,20,25,28,30-33,37,39,42-43H,2-4,8-9,14-16,18-19,21-24H2,1H3/t25-,28+,30?,31?,32+,33+,37-,39-/m0/s1. The molecule has 8 atom stereocenters. The number of hydrogen-bond acceptors (Lipinski definition) is 11. The predicted molar refractivity (Wildman–Crippen MR) is 189 cm³/mol. The summed E-state index contributed by atoms with van der Waals surface area (Å²) in [6, 6.07) is 14.5. The Morgan fingerprint density at radius 3 is 2.62 bits per heavy atom. The van der Waals surface area contributed by atoms with Crippen molar-refractivity contribution in [1.29, 1.82) is 0 Å². The third-order valence-corrected chi connectivity index (χ3v) is 13.0. The molecule has 1 aliphatic carbocycles. The monoisotopic (exact) mass is 738 g/mol. The summed E-state index contributed by atoms with van der Waals surface area (Å²) < 4.78 is 60.1. The highest BCUT2D eigenvalue weighted by Gasteiger charge is 2.56. The lowest BCUT2D eigenvalue weighted by Gasteiger charge is -2.31. The normalized spacial score (nSPS) is 28.1. The number of β-amino-alcohol motifs (C(OH)–C–C–N with tert-alkyl or cyclic N) is 1. The van der Waals surface area contributed by atoms with Crippen LogP contribution in [0, 0.1) is 23.7 Å². The third-order valence-electron chi connectivity index (χ3n) is 11.1. The molecule has 0 amide bonds. The highest BCUT2D eigenvalue weighted by atomic mass is 32.2. The van der Waals surface area contributed by atoms with Crippen LogP contribution in [0.4, 0.5) is 0 Å². The second-order valence-electron chi connectivity index (χ2n) is 14.8. The summed E-state index contributed by atoms with van der Waals surface area (Å²) in [5.74, 6) is 0.0159. The Labute approximate surface area is 305 Å². The average molecular weight is 739 g/mol. The summed E-state index contributed by atoms with van der Waals surface area (Å²) in [6.45, 7) is 3.16. The molecule has 1 saturated carbocycles. The van der Waals surface area contributed by atoms with E-state index in [1.54, 1.807) is 25.1 Å². The minimum atomic E-state index is -4.13. The van der Waals surface area contributed by atoms with Gasteiger partial charge < -0.3 is 33.6 Å². The maximum Gasteiger partial charge on any atom is 0.306 e. The zero-order chi connectivity index (χ0) is 36.2. The number of aliphatic hydroxyl groups excluding tert-OH is 2. The number of aliphatic hydroxyl groups is 2. The van der Waals surface area contributed by atoms with Crippen molar-refractivity contribution in [1.82, 2.24) is 9.29 Å². The molecule has 2 aromatic carbocycles. The SMILES string of the molecule is C[C@H](O)c1ncc(-c2ccc3c(c2)COCCCCCCCN(C[C@@H](O)[C@@H](CC(=O)O[C@H]2C4CO[C@H]5OC[C@@H]2C5C4)Cc2ccccc2)S3(=O)=O)o1. The predicted octanol–water partition coefficient (Wildman–Crippen LogP) is 5.03. The molecule has 3 aromatic rings. The van der Waals surface area contributed by atoms with Gasteiger partial charge in [0.05, 0.1) is 43.4 Å². The quantitative estimate of drug-likeness (QED) is 0.269. The molecule has 52 heavy (non-hydrogen) atoms. The van der Waals surface area contributed by atoms with Gasteiger partial charge in [-0.1, -0.05) is 49.6 Å². The van der Waals surface area contributed by atoms with E-state index in [0.29, 0.717) is 49.5 Å². The van der Waals surface area contributed by atoms with Gasteiger partial charge >= 0.3 is 5.97 Å². The smallest absolute Gasteiger partial charge is 0.306 e. The number of fused-ring (bicyclic) bond motifs is 2. The Morgan fingerprint density at radius 1 is 1.02 bits per heavy atom. The Kier molecular flexibility index (Phi) is 11.8. The third kappa shape index (κ3) is 8.30. The van der Waals surface area contributed by atoms with Crippen LogP contribution in [-0.2, 0) is 46.8 Å². The summed E-state index contributed by atoms with van der Waals surface area (Å²) in [4.78, 5) is 17.9. The first-order chi connectivity index (χ1) is 25.2. The first-order valence-electron chi connectivity index (χ1n) is 18.7. The molecule has 4 aliphatic rings. The van der Waals surface area contributed by atoms with Crippen molar-refractivity contribution >= 4 is 16.0 Å². The lowest BCUT2D eigenvalue weighted by Crippen LogP contribution is -2.42. The lowest BCUT2D eigenvalue weighted by molar-refractivity contribution is -0.178. The number of nitrogens with zero attached hydrogens (tertiary/aromatic N) is 2. The van der Waals surface area contributed by atoms with E-state index in [2.05, 4.69) is 4.98 Å². The molecule has 2 unspecified atom stereocenters. The molecule has 3 fully saturated rings. The van der Waals surface area contributed by atoms with E-state index in [1.165, 1.54) is 10.5 Å². The highest BCUT2D eigenvalue weighted by Crippen LogP contribution is 2.49. The van der Waals surface area contributed by atoms with Crippen LogP contribution in [0.2, 0.25) is 0 Å². The largest absolute Gasteiger partial charge is 0.462 e. The van der Waals surface area contributed by atoms with E-state index in [-0.39, 0.29) is 67.1 Å². The fourth-order valence-electron chi connectivity index (χ4n) is 8.25. The molecule has 0 radical (unpaired) electrons. The average Bonchev–Trinajstić information content (AvgIpc) is 3.86. The van der Waals surface area contributed by atoms with Gasteiger partial charge in [-0.25, -0.2) is 13.4 Å². The molecule has 282 valence electrons. The van der Waals surface area contributed by atoms with E-state index in [0.717, 1.165) is 37.7 Å². The van der Waals surface area contributed by atoms with Gasteiger partial charge in [-0.05, 0) is 61.9 Å². The van der Waals surface area contributed by atoms with Gasteiger partial charge in [0.1, 0.15) is 12.2 Å². The lowest BCUT2D eigenvalue weighted by atomic mass is 9.90. The second-order valence-corrected chi connectivity index (χ2v) is 16.7. The first kappa shape index (κ1) is 37.2. The summed E-state index contributed by atoms with van der Waals surface area (Å²) in [5, 5.41) is 21.8. The van der Waals surface area contributed by atoms with Gasteiger partial charge in [-0.2, -0.15) is 4.31 Å². The molecule has 0 spiro atoms. The topological polar surface area (TPSA) is 158 Å². The number of benzene rings is 2. The summed E-state index contributed by atoms with van der Waals surface area (Å²) in [5.41, 5.74) is 2.00. The Bertz CT molecular complexity index is 1770. The van der Waals surface area contributed by atoms with Crippen molar-refractivity contribution in [3.05, 3.63) is 71.7 Å². The van der Waals surface area contributed by atoms with Crippen molar-refractivity contribution in [2.24, 2.45) is 23.7 Å². The minimum absolute atomic E-state index is 0.0604. The summed E-state index contributed by atoms with van der Waals surface area (Å²) in [6.07, 6.45) is 4.40. The maximum absolute atomic E-state index is 14.6. The van der Waals surface area contributed by atoms with Gasteiger partial charge in [-0.15, -0.1) is 0 Å². The number of esters is 1. The van der Waals surface area contributed by atoms with Crippen molar-refractivity contribution in [2.75, 3.05) is 32.9 Å². The van der Waals surface area contributed by atoms with E-state index in [1.807, 2.05) is 30.3 Å². The maximum atomic E-state index is 14.6. The molecule has 4 heterocycles. The van der Waals surface area contributed by atoms with Crippen LogP contribution >= 0.6 is 0 Å². The number of hydrogen-bond donors (Lipinski definition) is 2. The highest BCUT2D eigenvalue weighted by molar-refractivity contribution is 7.89. The van der Waals surface area contributed by atoms with Crippen LogP contribution in [0.25, 0.3) is 11.3 Å². The Morgan fingerprint density at radius 2 is 1.81 bits per heavy atom. The Hall–Kier alpha value is -3.17. The van der Waals surface area contributed by atoms with Gasteiger partial charge in [0.2, 0.25) is 15.9 Å². The van der Waals surface area contributed by atoms with Crippen molar-refractivity contribution < 1.29 is 46.8 Å². The first-order valence-corrected chi connectivity index (χ1v) is 20.1. The number of carbonyl (C=O) groups is 1. The van der Waals surface area contributed by atoms with Gasteiger partial charge in [0.15, 0.2) is 12.1 Å². The van der Waals surface area contributed by atoms with Crippen LogP contribution in [0.5, 0.6) is 0 Å². The summed E-state index contributed by atoms with van der Waals surface area (Å²) >= 11 is 0. The number of oxazole rings is 1. The summed E-state index contributed by atoms with van der Waals surface area (Å²) in [7, 11) is -4.13. The van der Waals surface area contributed by atoms with Crippen molar-refractivity contribution in [3.8, 4) is 11.3 Å². The fourth-order valence-corrected chi connectivity index (χ4v) is 9.93. The fraction of sp³-hybridized carbons (Fsp3) is 0.590. The molecule has 7 rings (SSSR count). The zero-order valence-corrected chi connectivity index (χ0v) is 30.5. The van der Waals surface area contributed by atoms with Crippen LogP contribution < -0.4 is 0 Å². The molecule has 2 saturated heterocycles. The molecular formula is C39H50N2O10S. The number of carbonyl (C=O) groups excluding carboxylic acids is 1. The molecule has 12 nitrogen and oxygen atoms in total. The van der Waals surface area contributed by atoms with Crippen molar-refractivity contribution in [3.63, 3.8) is 0 Å². The molecule has 1 aromatic heterocycles. The van der Waals surface area contributed by atoms with E-state index in [4.69, 9.17) is 23.4 Å². The van der Waals surface area contributed by atoms with Crippen LogP contribution in [0.3, 0.4) is 0 Å². The number of ether oxygens (including phenoxy) is 4. The molecule has 13 heteroatoms. The van der Waals surface area contributed by atoms with Gasteiger partial charge in [0, 0.05) is 48.9 Å². The number of aromatic nitrogens is 1. The van der Waals surface area contributed by atoms with Gasteiger partial charge in [-0.3, -0.25) is 4.79 Å². The van der Waals surface area contributed by atoms with Crippen LogP contribution in [0.15, 0.2) is 64.0 Å². The molecular weight excluding hydrogens is 689 g/mol. The van der Waals surface area contributed by atoms with Crippen LogP contribution in [-0.4, -0.2) is 85.3 Å². The number of rotatable bonds is 10. The van der Waals surface area contributed by atoms with E-state index < -0.39 is 34.1 Å². The molecule has 2 bridgehead atoms. The van der Waals surface area contributed by atoms with E-state index >= 15 is 0 Å². The van der Waals surface area contributed by atoms with Crippen LogP contribution in [0.1, 0.15) is 75.0 Å². The van der Waals surface area contributed by atoms with E-state index in [9.17, 15) is 23.4 Å². The number of sulfonamides is 1.